The Morgan fingerprint density at radius 1 is 1.02 bits per heavy atom. The molecule has 0 spiro atoms. The highest BCUT2D eigenvalue weighted by Crippen LogP contribution is 2.41. The van der Waals surface area contributed by atoms with Crippen LogP contribution in [-0.2, 0) is 9.47 Å². The van der Waals surface area contributed by atoms with Crippen molar-refractivity contribution in [3.05, 3.63) is 46.3 Å². The normalized spacial score (nSPS) is 19.7. The highest BCUT2D eigenvalue weighted by Gasteiger charge is 2.59. The van der Waals surface area contributed by atoms with Gasteiger partial charge in [0.25, 0.3) is 5.91 Å². The lowest BCUT2D eigenvalue weighted by atomic mass is 10.1. The van der Waals surface area contributed by atoms with Crippen LogP contribution in [0.5, 0.6) is 0 Å². The molecule has 0 aliphatic carbocycles. The summed E-state index contributed by atoms with van der Waals surface area (Å²) in [7, 11) is 0. The van der Waals surface area contributed by atoms with Crippen LogP contribution in [-0.4, -0.2) is 73.2 Å². The summed E-state index contributed by atoms with van der Waals surface area (Å²) in [6.07, 6.45) is 6.41. The maximum absolute atomic E-state index is 14.3. The monoisotopic (exact) mass is 581 g/mol. The number of halogens is 2. The number of alkyl halides is 2. The summed E-state index contributed by atoms with van der Waals surface area (Å²) in [5.41, 5.74) is -1.46. The maximum atomic E-state index is 14.3. The predicted octanol–water partition coefficient (Wildman–Crippen LogP) is 3.25. The first-order valence-electron chi connectivity index (χ1n) is 13.9. The van der Waals surface area contributed by atoms with Crippen LogP contribution in [0, 0.1) is 0 Å². The van der Waals surface area contributed by atoms with Crippen LogP contribution < -0.4 is 11.0 Å². The van der Waals surface area contributed by atoms with Gasteiger partial charge in [0.1, 0.15) is 11.9 Å². The molecule has 3 heterocycles. The maximum Gasteiger partial charge on any atom is 0.358 e. The number of unbranched alkanes of at least 4 members (excludes halogenated alkanes) is 9. The summed E-state index contributed by atoms with van der Waals surface area (Å²) in [6.45, 7) is 1.59. The zero-order valence-electron chi connectivity index (χ0n) is 23.0. The van der Waals surface area contributed by atoms with Crippen molar-refractivity contribution in [2.24, 2.45) is 0 Å². The molecule has 41 heavy (non-hydrogen) atoms. The molecule has 2 aromatic heterocycles. The van der Waals surface area contributed by atoms with Gasteiger partial charge < -0.3 is 25.0 Å². The summed E-state index contributed by atoms with van der Waals surface area (Å²) in [5, 5.41) is 28.5. The number of rotatable bonds is 16. The molecular weight excluding hydrogens is 544 g/mol. The first-order chi connectivity index (χ1) is 19.7. The average Bonchev–Trinajstić information content (AvgIpc) is 3.19. The van der Waals surface area contributed by atoms with Crippen LogP contribution in [0.25, 0.3) is 0 Å². The second kappa shape index (κ2) is 15.6. The number of amides is 1. The third kappa shape index (κ3) is 8.81. The quantitative estimate of drug-likeness (QED) is 0.198. The minimum Gasteiger partial charge on any atom is -0.461 e. The van der Waals surface area contributed by atoms with Gasteiger partial charge in [-0.05, 0) is 24.6 Å². The van der Waals surface area contributed by atoms with E-state index in [1.807, 2.05) is 0 Å². The zero-order valence-corrected chi connectivity index (χ0v) is 23.0. The summed E-state index contributed by atoms with van der Waals surface area (Å²) >= 11 is 0. The number of nitrogens with one attached hydrogen (secondary N) is 1. The standard InChI is InChI=1S/C27H37F2N5O7/c1-2-3-4-5-6-7-8-9-10-11-16-40-24(38)19-13-12-18(32-33-19)23(37)30-21-14-15-34(26(39)31-21)25-27(28,29)22(36)20(17-35)41-25/h12-15,20,22,25,35-36H,2-11,16-17H2,1H3,(H,30,31,37,39)/t20-,22-,25-/m1/s1. The molecule has 0 bridgehead atoms. The fourth-order valence-electron chi connectivity index (χ4n) is 4.35. The van der Waals surface area contributed by atoms with Gasteiger partial charge in [-0.25, -0.2) is 9.59 Å². The molecule has 0 saturated carbocycles. The summed E-state index contributed by atoms with van der Waals surface area (Å²) in [4.78, 5) is 40.6. The number of aromatic nitrogens is 4. The van der Waals surface area contributed by atoms with Crippen LogP contribution in [0.1, 0.15) is 98.3 Å². The fourth-order valence-corrected chi connectivity index (χ4v) is 4.35. The largest absolute Gasteiger partial charge is 0.461 e. The number of hydrogen-bond donors (Lipinski definition) is 3. The Bertz CT molecular complexity index is 1200. The van der Waals surface area contributed by atoms with Crippen LogP contribution in [0.3, 0.4) is 0 Å². The number of aliphatic hydroxyl groups excluding tert-OH is 2. The lowest BCUT2D eigenvalue weighted by molar-refractivity contribution is -0.140. The predicted molar refractivity (Wildman–Crippen MR) is 143 cm³/mol. The second-order valence-electron chi connectivity index (χ2n) is 9.91. The van der Waals surface area contributed by atoms with E-state index >= 15 is 0 Å². The number of carbonyl (C=O) groups excluding carboxylic acids is 2. The number of anilines is 1. The van der Waals surface area contributed by atoms with Crippen molar-refractivity contribution < 1.29 is 38.1 Å². The topological polar surface area (TPSA) is 166 Å². The van der Waals surface area contributed by atoms with Crippen molar-refractivity contribution in [1.82, 2.24) is 19.7 Å². The van der Waals surface area contributed by atoms with Gasteiger partial charge in [0.05, 0.1) is 13.2 Å². The van der Waals surface area contributed by atoms with E-state index in [2.05, 4.69) is 27.4 Å². The molecule has 1 fully saturated rings. The molecular formula is C27H37F2N5O7. The highest BCUT2D eigenvalue weighted by molar-refractivity contribution is 6.02. The molecule has 1 aliphatic rings. The first kappa shape index (κ1) is 32.2. The Kier molecular flexibility index (Phi) is 12.2. The van der Waals surface area contributed by atoms with Crippen molar-refractivity contribution in [1.29, 1.82) is 0 Å². The molecule has 3 atom stereocenters. The molecule has 3 rings (SSSR count). The Labute approximate surface area is 236 Å². The lowest BCUT2D eigenvalue weighted by Gasteiger charge is -2.21. The van der Waals surface area contributed by atoms with E-state index in [0.717, 1.165) is 31.5 Å². The summed E-state index contributed by atoms with van der Waals surface area (Å²) < 4.78 is 39.2. The number of ether oxygens (including phenoxy) is 2. The molecule has 3 N–H and O–H groups in total. The van der Waals surface area contributed by atoms with E-state index in [0.29, 0.717) is 4.57 Å². The van der Waals surface area contributed by atoms with Gasteiger partial charge in [0, 0.05) is 6.20 Å². The smallest absolute Gasteiger partial charge is 0.358 e. The number of carbonyl (C=O) groups is 2. The van der Waals surface area contributed by atoms with Crippen molar-refractivity contribution in [2.45, 2.75) is 95.5 Å². The van der Waals surface area contributed by atoms with Crippen LogP contribution >= 0.6 is 0 Å². The molecule has 226 valence electrons. The number of aliphatic hydroxyl groups is 2. The average molecular weight is 582 g/mol. The third-order valence-electron chi connectivity index (χ3n) is 6.72. The van der Waals surface area contributed by atoms with E-state index in [1.165, 1.54) is 57.1 Å². The van der Waals surface area contributed by atoms with Crippen LogP contribution in [0.15, 0.2) is 29.2 Å². The number of nitrogens with zero attached hydrogens (tertiary/aromatic N) is 4. The SMILES string of the molecule is CCCCCCCCCCCCOC(=O)c1ccc(C(=O)Nc2ccn([C@@H]3O[C@H](CO)[C@@H](O)C3(F)F)c(=O)n2)nn1. The number of hydrogen-bond acceptors (Lipinski definition) is 10. The van der Waals surface area contributed by atoms with Crippen molar-refractivity contribution in [3.8, 4) is 0 Å². The molecule has 0 aromatic carbocycles. The first-order valence-corrected chi connectivity index (χ1v) is 13.9. The second-order valence-corrected chi connectivity index (χ2v) is 9.91. The lowest BCUT2D eigenvalue weighted by Crippen LogP contribution is -2.41. The third-order valence-corrected chi connectivity index (χ3v) is 6.72. The Balaban J connectivity index is 1.43. The minimum atomic E-state index is -3.87. The number of esters is 1. The summed E-state index contributed by atoms with van der Waals surface area (Å²) in [5.74, 6) is -5.61. The van der Waals surface area contributed by atoms with Gasteiger partial charge >= 0.3 is 17.6 Å². The van der Waals surface area contributed by atoms with E-state index < -0.39 is 48.5 Å². The van der Waals surface area contributed by atoms with Gasteiger partial charge in [-0.1, -0.05) is 64.7 Å². The van der Waals surface area contributed by atoms with E-state index in [9.17, 15) is 28.3 Å². The van der Waals surface area contributed by atoms with E-state index in [1.54, 1.807) is 0 Å². The summed E-state index contributed by atoms with van der Waals surface area (Å²) in [6, 6.07) is 3.59. The molecule has 12 nitrogen and oxygen atoms in total. The highest BCUT2D eigenvalue weighted by atomic mass is 19.3. The van der Waals surface area contributed by atoms with Gasteiger partial charge in [0.2, 0.25) is 6.23 Å². The fraction of sp³-hybridized carbons (Fsp3) is 0.630. The molecule has 0 unspecified atom stereocenters. The Morgan fingerprint density at radius 3 is 2.20 bits per heavy atom. The Morgan fingerprint density at radius 2 is 1.63 bits per heavy atom. The van der Waals surface area contributed by atoms with E-state index in [-0.39, 0.29) is 23.8 Å². The van der Waals surface area contributed by atoms with Crippen LogP contribution in [0.4, 0.5) is 14.6 Å². The molecule has 1 aliphatic heterocycles. The van der Waals surface area contributed by atoms with Crippen molar-refractivity contribution in [2.75, 3.05) is 18.5 Å². The van der Waals surface area contributed by atoms with Gasteiger partial charge in [-0.15, -0.1) is 10.2 Å². The molecule has 1 amide bonds. The minimum absolute atomic E-state index is 0.0739. The van der Waals surface area contributed by atoms with Gasteiger partial charge in [-0.2, -0.15) is 13.8 Å². The Hall–Kier alpha value is -3.36. The molecule has 14 heteroatoms. The molecule has 2 aromatic rings. The van der Waals surface area contributed by atoms with Crippen molar-refractivity contribution >= 4 is 17.7 Å². The van der Waals surface area contributed by atoms with Gasteiger partial charge in [0.15, 0.2) is 17.5 Å². The zero-order chi connectivity index (χ0) is 29.8. The van der Waals surface area contributed by atoms with E-state index in [4.69, 9.17) is 14.6 Å². The van der Waals surface area contributed by atoms with Gasteiger partial charge in [-0.3, -0.25) is 9.36 Å². The molecule has 0 radical (unpaired) electrons. The molecule has 1 saturated heterocycles. The van der Waals surface area contributed by atoms with Crippen LogP contribution in [0.2, 0.25) is 0 Å². The van der Waals surface area contributed by atoms with Crippen molar-refractivity contribution in [3.63, 3.8) is 0 Å².